The van der Waals surface area contributed by atoms with Crippen molar-refractivity contribution in [3.05, 3.63) is 29.8 Å². The van der Waals surface area contributed by atoms with Crippen molar-refractivity contribution < 1.29 is 9.59 Å². The Morgan fingerprint density at radius 1 is 1.22 bits per heavy atom. The zero-order valence-corrected chi connectivity index (χ0v) is 12.1. The summed E-state index contributed by atoms with van der Waals surface area (Å²) in [5.74, 6) is -0.0922. The van der Waals surface area contributed by atoms with Crippen molar-refractivity contribution in [2.24, 2.45) is 5.92 Å². The van der Waals surface area contributed by atoms with E-state index in [1.165, 1.54) is 0 Å². The predicted molar refractivity (Wildman–Crippen MR) is 75.6 cm³/mol. The van der Waals surface area contributed by atoms with Gasteiger partial charge in [-0.1, -0.05) is 41.9 Å². The first-order valence-corrected chi connectivity index (χ1v) is 6.87. The zero-order valence-electron chi connectivity index (χ0n) is 10.5. The molecule has 0 radical (unpaired) electrons. The lowest BCUT2D eigenvalue weighted by Crippen LogP contribution is -2.23. The smallest absolute Gasteiger partial charge is 0.230 e. The van der Waals surface area contributed by atoms with E-state index in [1.54, 1.807) is 0 Å². The van der Waals surface area contributed by atoms with Crippen molar-refractivity contribution in [2.45, 2.75) is 20.4 Å². The molecule has 0 aliphatic carbocycles. The molecule has 0 spiro atoms. The largest absolute Gasteiger partial charge is 0.351 e. The normalized spacial score (nSPS) is 10.2. The van der Waals surface area contributed by atoms with Crippen LogP contribution in [0.25, 0.3) is 0 Å². The van der Waals surface area contributed by atoms with Crippen LogP contribution in [0.2, 0.25) is 0 Å². The lowest BCUT2D eigenvalue weighted by atomic mass is 10.1. The number of amides is 2. The molecular formula is C13H17BrN2O2. The van der Waals surface area contributed by atoms with Gasteiger partial charge in [-0.05, 0) is 17.7 Å². The number of hydrogen-bond donors (Lipinski definition) is 2. The van der Waals surface area contributed by atoms with Gasteiger partial charge in [-0.2, -0.15) is 0 Å². The van der Waals surface area contributed by atoms with Crippen molar-refractivity contribution in [3.8, 4) is 0 Å². The third-order valence-electron chi connectivity index (χ3n) is 2.36. The fraction of sp³-hybridized carbons (Fsp3) is 0.385. The summed E-state index contributed by atoms with van der Waals surface area (Å²) in [5.41, 5.74) is 1.76. The molecule has 1 aromatic carbocycles. The van der Waals surface area contributed by atoms with Crippen LogP contribution in [0.5, 0.6) is 0 Å². The quantitative estimate of drug-likeness (QED) is 0.820. The van der Waals surface area contributed by atoms with E-state index in [1.807, 2.05) is 38.1 Å². The van der Waals surface area contributed by atoms with Crippen LogP contribution in [-0.4, -0.2) is 17.1 Å². The van der Waals surface area contributed by atoms with Crippen LogP contribution in [-0.2, 0) is 16.1 Å². The molecule has 5 heteroatoms. The molecule has 0 bridgehead atoms. The van der Waals surface area contributed by atoms with Gasteiger partial charge in [-0.25, -0.2) is 0 Å². The van der Waals surface area contributed by atoms with Crippen molar-refractivity contribution in [1.82, 2.24) is 5.32 Å². The Labute approximate surface area is 115 Å². The monoisotopic (exact) mass is 312 g/mol. The van der Waals surface area contributed by atoms with Crippen LogP contribution in [0.1, 0.15) is 19.4 Å². The summed E-state index contributed by atoms with van der Waals surface area (Å²) in [5, 5.41) is 5.87. The summed E-state index contributed by atoms with van der Waals surface area (Å²) in [4.78, 5) is 22.5. The van der Waals surface area contributed by atoms with Crippen molar-refractivity contribution in [3.63, 3.8) is 0 Å². The lowest BCUT2D eigenvalue weighted by molar-refractivity contribution is -0.119. The highest BCUT2D eigenvalue weighted by Gasteiger charge is 2.06. The standard InChI is InChI=1S/C13H17BrN2O2/c1-9(2)13(18)16-11-5-3-10(4-6-11)8-15-12(17)7-14/h3-6,9H,7-8H2,1-2H3,(H,15,17)(H,16,18). The molecule has 4 nitrogen and oxygen atoms in total. The lowest BCUT2D eigenvalue weighted by Gasteiger charge is -2.08. The number of alkyl halides is 1. The van der Waals surface area contributed by atoms with Gasteiger partial charge in [0, 0.05) is 18.2 Å². The Balaban J connectivity index is 2.52. The molecule has 0 saturated carbocycles. The van der Waals surface area contributed by atoms with E-state index in [4.69, 9.17) is 0 Å². The molecule has 98 valence electrons. The average molecular weight is 313 g/mol. The summed E-state index contributed by atoms with van der Waals surface area (Å²) < 4.78 is 0. The number of nitrogens with one attached hydrogen (secondary N) is 2. The van der Waals surface area contributed by atoms with Gasteiger partial charge in [0.15, 0.2) is 0 Å². The number of hydrogen-bond acceptors (Lipinski definition) is 2. The van der Waals surface area contributed by atoms with Gasteiger partial charge in [-0.3, -0.25) is 9.59 Å². The SMILES string of the molecule is CC(C)C(=O)Nc1ccc(CNC(=O)CBr)cc1. The summed E-state index contributed by atoms with van der Waals surface area (Å²) in [6.45, 7) is 4.18. The Hall–Kier alpha value is -1.36. The highest BCUT2D eigenvalue weighted by atomic mass is 79.9. The Morgan fingerprint density at radius 3 is 2.33 bits per heavy atom. The summed E-state index contributed by atoms with van der Waals surface area (Å²) >= 11 is 3.08. The molecule has 1 aromatic rings. The highest BCUT2D eigenvalue weighted by Crippen LogP contribution is 2.10. The van der Waals surface area contributed by atoms with Crippen molar-refractivity contribution in [1.29, 1.82) is 0 Å². The van der Waals surface area contributed by atoms with E-state index < -0.39 is 0 Å². The Kier molecular flexibility index (Phi) is 5.85. The first-order chi connectivity index (χ1) is 8.52. The number of carbonyl (C=O) groups is 2. The molecule has 0 atom stereocenters. The van der Waals surface area contributed by atoms with Crippen molar-refractivity contribution >= 4 is 33.4 Å². The Morgan fingerprint density at radius 2 is 1.83 bits per heavy atom. The second kappa shape index (κ2) is 7.16. The van der Waals surface area contributed by atoms with E-state index in [-0.39, 0.29) is 17.7 Å². The first-order valence-electron chi connectivity index (χ1n) is 5.75. The molecule has 0 aromatic heterocycles. The molecular weight excluding hydrogens is 296 g/mol. The zero-order chi connectivity index (χ0) is 13.5. The van der Waals surface area contributed by atoms with Gasteiger partial charge < -0.3 is 10.6 Å². The molecule has 0 aliphatic heterocycles. The molecule has 0 fully saturated rings. The fourth-order valence-corrected chi connectivity index (χ4v) is 1.44. The highest BCUT2D eigenvalue weighted by molar-refractivity contribution is 9.09. The molecule has 0 unspecified atom stereocenters. The minimum Gasteiger partial charge on any atom is -0.351 e. The molecule has 18 heavy (non-hydrogen) atoms. The van der Waals surface area contributed by atoms with Crippen LogP contribution >= 0.6 is 15.9 Å². The van der Waals surface area contributed by atoms with Crippen LogP contribution in [0.15, 0.2) is 24.3 Å². The predicted octanol–water partition coefficient (Wildman–Crippen LogP) is 2.29. The number of rotatable bonds is 5. The Bertz CT molecular complexity index is 416. The van der Waals surface area contributed by atoms with Crippen molar-refractivity contribution in [2.75, 3.05) is 10.6 Å². The number of carbonyl (C=O) groups excluding carboxylic acids is 2. The molecule has 0 heterocycles. The molecule has 2 N–H and O–H groups in total. The maximum atomic E-state index is 11.5. The van der Waals surface area contributed by atoms with Crippen LogP contribution in [0, 0.1) is 5.92 Å². The molecule has 0 aliphatic rings. The third kappa shape index (κ3) is 4.87. The number of anilines is 1. The van der Waals surface area contributed by atoms with E-state index in [0.717, 1.165) is 11.3 Å². The van der Waals surface area contributed by atoms with Gasteiger partial charge in [0.25, 0.3) is 0 Å². The third-order valence-corrected chi connectivity index (χ3v) is 2.87. The van der Waals surface area contributed by atoms with E-state index >= 15 is 0 Å². The van der Waals surface area contributed by atoms with E-state index in [0.29, 0.717) is 11.9 Å². The van der Waals surface area contributed by atoms with Crippen LogP contribution in [0.3, 0.4) is 0 Å². The van der Waals surface area contributed by atoms with Gasteiger partial charge in [0.05, 0.1) is 5.33 Å². The second-order valence-electron chi connectivity index (χ2n) is 4.25. The van der Waals surface area contributed by atoms with E-state index in [9.17, 15) is 9.59 Å². The van der Waals surface area contributed by atoms with Crippen LogP contribution < -0.4 is 10.6 Å². The van der Waals surface area contributed by atoms with Gasteiger partial charge in [-0.15, -0.1) is 0 Å². The summed E-state index contributed by atoms with van der Waals surface area (Å²) in [6.07, 6.45) is 0. The second-order valence-corrected chi connectivity index (χ2v) is 4.81. The van der Waals surface area contributed by atoms with Gasteiger partial charge in [0.2, 0.25) is 11.8 Å². The van der Waals surface area contributed by atoms with Crippen LogP contribution in [0.4, 0.5) is 5.69 Å². The maximum absolute atomic E-state index is 11.5. The molecule has 2 amide bonds. The molecule has 1 rings (SSSR count). The topological polar surface area (TPSA) is 58.2 Å². The minimum absolute atomic E-state index is 0.00431. The van der Waals surface area contributed by atoms with Gasteiger partial charge >= 0.3 is 0 Å². The summed E-state index contributed by atoms with van der Waals surface area (Å²) in [6, 6.07) is 7.42. The fourth-order valence-electron chi connectivity index (χ4n) is 1.24. The first kappa shape index (κ1) is 14.7. The minimum atomic E-state index is -0.0489. The maximum Gasteiger partial charge on any atom is 0.230 e. The van der Waals surface area contributed by atoms with Gasteiger partial charge in [0.1, 0.15) is 0 Å². The molecule has 0 saturated heterocycles. The van der Waals surface area contributed by atoms with E-state index in [2.05, 4.69) is 26.6 Å². The average Bonchev–Trinajstić information content (AvgIpc) is 2.37. The summed E-state index contributed by atoms with van der Waals surface area (Å²) in [7, 11) is 0. The number of halogens is 1. The number of benzene rings is 1.